The van der Waals surface area contributed by atoms with Gasteiger partial charge in [-0.3, -0.25) is 4.68 Å². The molecule has 2 rings (SSSR count). The molecule has 1 aromatic heterocycles. The van der Waals surface area contributed by atoms with E-state index in [9.17, 15) is 26.3 Å². The lowest BCUT2D eigenvalue weighted by molar-refractivity contribution is -0.142. The van der Waals surface area contributed by atoms with Crippen LogP contribution in [0, 0.1) is 0 Å². The van der Waals surface area contributed by atoms with Crippen LogP contribution in [0.3, 0.4) is 0 Å². The fourth-order valence-corrected chi connectivity index (χ4v) is 1.67. The number of hydrogen-bond acceptors (Lipinski definition) is 2. The van der Waals surface area contributed by atoms with Gasteiger partial charge >= 0.3 is 12.4 Å². The van der Waals surface area contributed by atoms with E-state index in [1.165, 1.54) is 0 Å². The summed E-state index contributed by atoms with van der Waals surface area (Å²) in [5, 5.41) is 3.25. The predicted octanol–water partition coefficient (Wildman–Crippen LogP) is 3.20. The topological polar surface area (TPSA) is 43.8 Å². The van der Waals surface area contributed by atoms with Crippen LogP contribution < -0.4 is 5.73 Å². The van der Waals surface area contributed by atoms with Crippen molar-refractivity contribution in [1.82, 2.24) is 9.78 Å². The second kappa shape index (κ2) is 4.04. The number of rotatable bonds is 1. The summed E-state index contributed by atoms with van der Waals surface area (Å²) in [5.74, 6) is -0.370. The molecule has 0 aliphatic heterocycles. The molecule has 0 aliphatic carbocycles. The van der Waals surface area contributed by atoms with E-state index in [4.69, 9.17) is 5.73 Å². The van der Waals surface area contributed by atoms with Gasteiger partial charge in [-0.15, -0.1) is 0 Å². The molecule has 0 amide bonds. The van der Waals surface area contributed by atoms with Crippen molar-refractivity contribution >= 4 is 16.7 Å². The maximum Gasteiger partial charge on any atom is 0.416 e. The SMILES string of the molecule is Nc1nn(CC(F)(F)F)c2ccc(C(F)(F)F)cc12. The minimum absolute atomic E-state index is 0.0946. The largest absolute Gasteiger partial charge is 0.416 e. The molecular weight excluding hydrogens is 276 g/mol. The van der Waals surface area contributed by atoms with Gasteiger partial charge in [0.25, 0.3) is 0 Å². The number of anilines is 1. The van der Waals surface area contributed by atoms with Gasteiger partial charge in [0.05, 0.1) is 11.1 Å². The van der Waals surface area contributed by atoms with E-state index in [2.05, 4.69) is 5.10 Å². The molecule has 2 aromatic rings. The van der Waals surface area contributed by atoms with Gasteiger partial charge in [-0.05, 0) is 18.2 Å². The molecule has 19 heavy (non-hydrogen) atoms. The smallest absolute Gasteiger partial charge is 0.382 e. The number of halogens is 6. The van der Waals surface area contributed by atoms with E-state index in [0.717, 1.165) is 6.07 Å². The lowest BCUT2D eigenvalue weighted by Crippen LogP contribution is -2.18. The van der Waals surface area contributed by atoms with Crippen LogP contribution >= 0.6 is 0 Å². The van der Waals surface area contributed by atoms with Crippen molar-refractivity contribution in [2.45, 2.75) is 18.9 Å². The first kappa shape index (κ1) is 13.5. The van der Waals surface area contributed by atoms with E-state index in [1.54, 1.807) is 0 Å². The van der Waals surface area contributed by atoms with Gasteiger partial charge < -0.3 is 5.73 Å². The van der Waals surface area contributed by atoms with Crippen LogP contribution in [0.15, 0.2) is 18.2 Å². The highest BCUT2D eigenvalue weighted by Gasteiger charge is 2.32. The maximum absolute atomic E-state index is 12.5. The minimum atomic E-state index is -4.59. The Morgan fingerprint density at radius 3 is 2.26 bits per heavy atom. The van der Waals surface area contributed by atoms with Crippen LogP contribution in [0.4, 0.5) is 32.2 Å². The Morgan fingerprint density at radius 1 is 1.11 bits per heavy atom. The van der Waals surface area contributed by atoms with Gasteiger partial charge in [-0.25, -0.2) is 0 Å². The zero-order chi connectivity index (χ0) is 14.4. The molecule has 0 unspecified atom stereocenters. The monoisotopic (exact) mass is 283 g/mol. The number of fused-ring (bicyclic) bond motifs is 1. The van der Waals surface area contributed by atoms with Gasteiger partial charge in [0.15, 0.2) is 5.82 Å². The Labute approximate surface area is 102 Å². The highest BCUT2D eigenvalue weighted by molar-refractivity contribution is 5.89. The molecule has 3 nitrogen and oxygen atoms in total. The van der Waals surface area contributed by atoms with E-state index in [-0.39, 0.29) is 16.7 Å². The third kappa shape index (κ3) is 2.74. The highest BCUT2D eigenvalue weighted by Crippen LogP contribution is 2.33. The number of nitrogens with zero attached hydrogens (tertiary/aromatic N) is 2. The number of nitrogens with two attached hydrogens (primary N) is 1. The molecule has 0 spiro atoms. The number of aromatic nitrogens is 2. The van der Waals surface area contributed by atoms with Gasteiger partial charge in [0, 0.05) is 5.39 Å². The van der Waals surface area contributed by atoms with Crippen molar-refractivity contribution in [3.8, 4) is 0 Å². The molecule has 104 valence electrons. The molecule has 1 heterocycles. The highest BCUT2D eigenvalue weighted by atomic mass is 19.4. The Balaban J connectivity index is 2.55. The van der Waals surface area contributed by atoms with Crippen molar-refractivity contribution in [2.24, 2.45) is 0 Å². The second-order valence-electron chi connectivity index (χ2n) is 3.89. The molecule has 0 atom stereocenters. The minimum Gasteiger partial charge on any atom is -0.382 e. The molecule has 0 aliphatic rings. The van der Waals surface area contributed by atoms with Crippen LogP contribution in [0.5, 0.6) is 0 Å². The standard InChI is InChI=1S/C10H7F6N3/c11-9(12,13)4-19-7-2-1-5(10(14,15)16)3-6(7)8(17)18-19/h1-3H,4H2,(H2,17,18). The molecule has 0 fully saturated rings. The summed E-state index contributed by atoms with van der Waals surface area (Å²) < 4.78 is 74.8. The van der Waals surface area contributed by atoms with E-state index in [0.29, 0.717) is 16.8 Å². The van der Waals surface area contributed by atoms with Crippen LogP contribution in [0.25, 0.3) is 10.9 Å². The van der Waals surface area contributed by atoms with Gasteiger partial charge in [0.2, 0.25) is 0 Å². The summed E-state index contributed by atoms with van der Waals surface area (Å²) in [7, 11) is 0. The number of benzene rings is 1. The average molecular weight is 283 g/mol. The van der Waals surface area contributed by atoms with Crippen molar-refractivity contribution in [1.29, 1.82) is 0 Å². The van der Waals surface area contributed by atoms with Gasteiger partial charge in [-0.2, -0.15) is 31.4 Å². The van der Waals surface area contributed by atoms with Crippen molar-refractivity contribution < 1.29 is 26.3 Å². The Kier molecular flexibility index (Phi) is 2.87. The molecule has 2 N–H and O–H groups in total. The van der Waals surface area contributed by atoms with Crippen molar-refractivity contribution in [3.05, 3.63) is 23.8 Å². The third-order valence-electron chi connectivity index (χ3n) is 2.44. The quantitative estimate of drug-likeness (QED) is 0.817. The lowest BCUT2D eigenvalue weighted by atomic mass is 10.1. The lowest BCUT2D eigenvalue weighted by Gasteiger charge is -2.08. The second-order valence-corrected chi connectivity index (χ2v) is 3.89. The Morgan fingerprint density at radius 2 is 1.74 bits per heavy atom. The van der Waals surface area contributed by atoms with Gasteiger partial charge in [-0.1, -0.05) is 0 Å². The maximum atomic E-state index is 12.5. The summed E-state index contributed by atoms with van der Waals surface area (Å²) in [4.78, 5) is 0. The Bertz CT molecular complexity index is 610. The molecule has 0 saturated heterocycles. The van der Waals surface area contributed by atoms with Crippen LogP contribution in [0.1, 0.15) is 5.56 Å². The summed E-state index contributed by atoms with van der Waals surface area (Å²) in [6, 6.07) is 2.30. The van der Waals surface area contributed by atoms with Gasteiger partial charge in [0.1, 0.15) is 6.54 Å². The first-order valence-electron chi connectivity index (χ1n) is 4.98. The summed E-state index contributed by atoms with van der Waals surface area (Å²) in [6.07, 6.45) is -9.12. The van der Waals surface area contributed by atoms with Crippen LogP contribution in [-0.2, 0) is 12.7 Å². The fourth-order valence-electron chi connectivity index (χ4n) is 1.67. The third-order valence-corrected chi connectivity index (χ3v) is 2.44. The first-order valence-corrected chi connectivity index (χ1v) is 4.98. The van der Waals surface area contributed by atoms with E-state index >= 15 is 0 Å². The zero-order valence-corrected chi connectivity index (χ0v) is 9.18. The van der Waals surface area contributed by atoms with Crippen molar-refractivity contribution in [3.63, 3.8) is 0 Å². The molecule has 9 heteroatoms. The molecule has 1 aromatic carbocycles. The number of alkyl halides is 6. The van der Waals surface area contributed by atoms with Crippen molar-refractivity contribution in [2.75, 3.05) is 5.73 Å². The summed E-state index contributed by atoms with van der Waals surface area (Å²) in [6.45, 7) is -1.41. The summed E-state index contributed by atoms with van der Waals surface area (Å²) in [5.41, 5.74) is 4.26. The zero-order valence-electron chi connectivity index (χ0n) is 9.18. The summed E-state index contributed by atoms with van der Waals surface area (Å²) >= 11 is 0. The molecule has 0 radical (unpaired) electrons. The van der Waals surface area contributed by atoms with E-state index in [1.807, 2.05) is 0 Å². The number of hydrogen-bond donors (Lipinski definition) is 1. The average Bonchev–Trinajstić information content (AvgIpc) is 2.52. The molecule has 0 bridgehead atoms. The number of nitrogen functional groups attached to an aromatic ring is 1. The van der Waals surface area contributed by atoms with Crippen LogP contribution in [-0.4, -0.2) is 16.0 Å². The fraction of sp³-hybridized carbons (Fsp3) is 0.300. The predicted molar refractivity (Wildman–Crippen MR) is 55.2 cm³/mol. The Hall–Kier alpha value is -1.93. The normalized spacial score (nSPS) is 13.2. The van der Waals surface area contributed by atoms with E-state index < -0.39 is 24.5 Å². The first-order chi connectivity index (χ1) is 8.58. The van der Waals surface area contributed by atoms with Crippen LogP contribution in [0.2, 0.25) is 0 Å². The molecule has 0 saturated carbocycles. The molecular formula is C10H7F6N3.